The monoisotopic (exact) mass is 576 g/mol. The number of nitrogens with one attached hydrogen (secondary N) is 2. The number of hydrogen-bond donors (Lipinski definition) is 4. The highest BCUT2D eigenvalue weighted by Crippen LogP contribution is 2.24. The molecule has 0 aliphatic heterocycles. The Hall–Kier alpha value is -4.02. The molecule has 0 aliphatic carbocycles. The van der Waals surface area contributed by atoms with Gasteiger partial charge >= 0.3 is 11.9 Å². The van der Waals surface area contributed by atoms with Gasteiger partial charge in [-0.05, 0) is 32.7 Å². The van der Waals surface area contributed by atoms with E-state index in [9.17, 15) is 29.4 Å². The van der Waals surface area contributed by atoms with Gasteiger partial charge < -0.3 is 20.8 Å². The van der Waals surface area contributed by atoms with Crippen LogP contribution in [0.4, 0.5) is 0 Å². The van der Waals surface area contributed by atoms with E-state index in [-0.39, 0.29) is 24.3 Å². The molecule has 4 aromatic rings. The molecule has 2 atom stereocenters. The molecule has 0 unspecified atom stereocenters. The molecular weight excluding hydrogens is 548 g/mol. The highest BCUT2D eigenvalue weighted by Gasteiger charge is 2.23. The second-order valence-corrected chi connectivity index (χ2v) is 11.7. The average Bonchev–Trinajstić information content (AvgIpc) is 2.94. The van der Waals surface area contributed by atoms with Crippen molar-refractivity contribution in [2.45, 2.75) is 24.9 Å². The summed E-state index contributed by atoms with van der Waals surface area (Å²) in [5, 5.41) is 28.2. The van der Waals surface area contributed by atoms with Crippen molar-refractivity contribution in [1.29, 1.82) is 0 Å². The zero-order chi connectivity index (χ0) is 28.5. The van der Waals surface area contributed by atoms with Crippen molar-refractivity contribution in [2.24, 2.45) is 0 Å². The fraction of sp³-hybridized carbons (Fsp3) is 0.200. The van der Waals surface area contributed by atoms with Crippen LogP contribution in [0.15, 0.2) is 84.9 Å². The first-order chi connectivity index (χ1) is 19.3. The fourth-order valence-electron chi connectivity index (χ4n) is 4.31. The Bertz CT molecular complexity index is 1420. The van der Waals surface area contributed by atoms with Gasteiger partial charge in [-0.3, -0.25) is 9.59 Å². The predicted molar refractivity (Wildman–Crippen MR) is 159 cm³/mol. The van der Waals surface area contributed by atoms with E-state index < -0.39 is 35.8 Å². The van der Waals surface area contributed by atoms with Gasteiger partial charge in [-0.15, -0.1) is 0 Å². The molecule has 4 N–H and O–H groups in total. The first-order valence-electron chi connectivity index (χ1n) is 12.5. The first kappa shape index (κ1) is 29.0. The second kappa shape index (κ2) is 13.9. The third-order valence-electron chi connectivity index (χ3n) is 6.28. The average molecular weight is 577 g/mol. The van der Waals surface area contributed by atoms with E-state index in [1.807, 2.05) is 84.9 Å². The molecule has 40 heavy (non-hydrogen) atoms. The topological polar surface area (TPSA) is 133 Å². The molecule has 206 valence electrons. The molecule has 0 aliphatic rings. The maximum atomic E-state index is 12.6. The van der Waals surface area contributed by atoms with Crippen LogP contribution in [0.1, 0.15) is 11.1 Å². The zero-order valence-electron chi connectivity index (χ0n) is 21.4. The normalized spacial score (nSPS) is 12.5. The molecule has 0 saturated heterocycles. The van der Waals surface area contributed by atoms with Gasteiger partial charge in [-0.1, -0.05) is 107 Å². The Labute approximate surface area is 238 Å². The third-order valence-corrected chi connectivity index (χ3v) is 8.70. The van der Waals surface area contributed by atoms with E-state index in [2.05, 4.69) is 10.6 Å². The molecule has 4 rings (SSSR count). The van der Waals surface area contributed by atoms with Crippen molar-refractivity contribution >= 4 is 66.9 Å². The van der Waals surface area contributed by atoms with Crippen LogP contribution in [0.5, 0.6) is 0 Å². The van der Waals surface area contributed by atoms with Gasteiger partial charge in [0.05, 0.1) is 12.8 Å². The van der Waals surface area contributed by atoms with Crippen LogP contribution in [0, 0.1) is 0 Å². The molecule has 4 aromatic carbocycles. The molecule has 0 fully saturated rings. The summed E-state index contributed by atoms with van der Waals surface area (Å²) in [4.78, 5) is 48.8. The lowest BCUT2D eigenvalue weighted by Gasteiger charge is -2.17. The summed E-state index contributed by atoms with van der Waals surface area (Å²) in [5.74, 6) is -3.15. The minimum absolute atomic E-state index is 0.0254. The maximum Gasteiger partial charge on any atom is 0.327 e. The number of carbonyl (C=O) groups is 4. The highest BCUT2D eigenvalue weighted by atomic mass is 33.1. The standard InChI is InChI=1S/C30H28N2O6S2/c33-27(15-21-11-5-9-19-7-1-3-13-23(19)21)31-25(29(35)36)17-39-40-18-26(30(37)38)32-28(34)16-22-12-6-10-20-8-2-4-14-24(20)22/h1-14,25-26H,15-18H2,(H,31,33)(H,32,34)(H,35,36)(H,37,38)/t25-,26-/m0/s1. The van der Waals surface area contributed by atoms with Crippen LogP contribution in [0.25, 0.3) is 21.5 Å². The SMILES string of the molecule is O=C(Cc1cccc2ccccc12)N[C@@H](CSSC[C@H](NC(=O)Cc1cccc2ccccc12)C(=O)O)C(=O)O. The van der Waals surface area contributed by atoms with Crippen LogP contribution < -0.4 is 10.6 Å². The Morgan fingerprint density at radius 1 is 0.575 bits per heavy atom. The van der Waals surface area contributed by atoms with Crippen molar-refractivity contribution in [2.75, 3.05) is 11.5 Å². The largest absolute Gasteiger partial charge is 0.480 e. The Balaban J connectivity index is 1.27. The number of fused-ring (bicyclic) bond motifs is 2. The number of benzene rings is 4. The lowest BCUT2D eigenvalue weighted by atomic mass is 10.0. The van der Waals surface area contributed by atoms with Gasteiger partial charge in [-0.25, -0.2) is 9.59 Å². The molecule has 0 spiro atoms. The van der Waals surface area contributed by atoms with Gasteiger partial charge in [0, 0.05) is 11.5 Å². The molecule has 0 saturated carbocycles. The second-order valence-electron chi connectivity index (χ2n) is 9.12. The smallest absolute Gasteiger partial charge is 0.327 e. The molecular formula is C30H28N2O6S2. The molecule has 0 heterocycles. The minimum atomic E-state index is -1.18. The Kier molecular flexibility index (Phi) is 10.0. The summed E-state index contributed by atoms with van der Waals surface area (Å²) in [5.41, 5.74) is 1.59. The fourth-order valence-corrected chi connectivity index (χ4v) is 6.62. The number of amides is 2. The summed E-state index contributed by atoms with van der Waals surface area (Å²) >= 11 is 0. The van der Waals surface area contributed by atoms with E-state index in [1.54, 1.807) is 0 Å². The van der Waals surface area contributed by atoms with Gasteiger partial charge in [0.25, 0.3) is 0 Å². The molecule has 2 amide bonds. The number of carbonyl (C=O) groups excluding carboxylic acids is 2. The molecule has 0 aromatic heterocycles. The summed E-state index contributed by atoms with van der Waals surface area (Å²) < 4.78 is 0. The number of aliphatic carboxylic acids is 2. The maximum absolute atomic E-state index is 12.6. The Morgan fingerprint density at radius 2 is 0.950 bits per heavy atom. The van der Waals surface area contributed by atoms with E-state index in [0.717, 1.165) is 54.3 Å². The van der Waals surface area contributed by atoms with Crippen LogP contribution in [0.2, 0.25) is 0 Å². The van der Waals surface area contributed by atoms with Crippen LogP contribution >= 0.6 is 21.6 Å². The van der Waals surface area contributed by atoms with E-state index in [1.165, 1.54) is 0 Å². The van der Waals surface area contributed by atoms with Crippen LogP contribution in [-0.4, -0.2) is 57.6 Å². The molecule has 0 bridgehead atoms. The van der Waals surface area contributed by atoms with Gasteiger partial charge in [0.1, 0.15) is 12.1 Å². The van der Waals surface area contributed by atoms with E-state index in [4.69, 9.17) is 0 Å². The lowest BCUT2D eigenvalue weighted by molar-refractivity contribution is -0.141. The van der Waals surface area contributed by atoms with E-state index >= 15 is 0 Å². The van der Waals surface area contributed by atoms with Crippen LogP contribution in [-0.2, 0) is 32.0 Å². The van der Waals surface area contributed by atoms with Crippen LogP contribution in [0.3, 0.4) is 0 Å². The number of carboxylic acids is 2. The lowest BCUT2D eigenvalue weighted by Crippen LogP contribution is -2.44. The minimum Gasteiger partial charge on any atom is -0.480 e. The number of hydrogen-bond acceptors (Lipinski definition) is 6. The van der Waals surface area contributed by atoms with Crippen molar-refractivity contribution in [3.63, 3.8) is 0 Å². The summed E-state index contributed by atoms with van der Waals surface area (Å²) in [7, 11) is 2.25. The summed E-state index contributed by atoms with van der Waals surface area (Å²) in [6.07, 6.45) is 0.0690. The Morgan fingerprint density at radius 3 is 1.35 bits per heavy atom. The van der Waals surface area contributed by atoms with Crippen molar-refractivity contribution < 1.29 is 29.4 Å². The number of rotatable bonds is 13. The third kappa shape index (κ3) is 7.77. The predicted octanol–water partition coefficient (Wildman–Crippen LogP) is 4.30. The summed E-state index contributed by atoms with van der Waals surface area (Å²) in [6.45, 7) is 0. The van der Waals surface area contributed by atoms with E-state index in [0.29, 0.717) is 0 Å². The summed E-state index contributed by atoms with van der Waals surface area (Å²) in [6, 6.07) is 24.3. The molecule has 0 radical (unpaired) electrons. The molecule has 10 heteroatoms. The number of carboxylic acid groups (broad SMARTS) is 2. The van der Waals surface area contributed by atoms with Gasteiger partial charge in [0.15, 0.2) is 0 Å². The van der Waals surface area contributed by atoms with Gasteiger partial charge in [-0.2, -0.15) is 0 Å². The highest BCUT2D eigenvalue weighted by molar-refractivity contribution is 8.76. The quantitative estimate of drug-likeness (QED) is 0.137. The molecule has 8 nitrogen and oxygen atoms in total. The van der Waals surface area contributed by atoms with Crippen molar-refractivity contribution in [3.8, 4) is 0 Å². The van der Waals surface area contributed by atoms with Crippen molar-refractivity contribution in [1.82, 2.24) is 10.6 Å². The van der Waals surface area contributed by atoms with Crippen molar-refractivity contribution in [3.05, 3.63) is 96.1 Å². The first-order valence-corrected chi connectivity index (χ1v) is 15.0. The zero-order valence-corrected chi connectivity index (χ0v) is 23.0. The van der Waals surface area contributed by atoms with Gasteiger partial charge in [0.2, 0.25) is 11.8 Å².